The number of nitrogens with one attached hydrogen (secondary N) is 2. The summed E-state index contributed by atoms with van der Waals surface area (Å²) in [6.07, 6.45) is -0.395. The first kappa shape index (κ1) is 23.6. The van der Waals surface area contributed by atoms with E-state index < -0.39 is 30.4 Å². The predicted octanol–water partition coefficient (Wildman–Crippen LogP) is 0.874. The van der Waals surface area contributed by atoms with Crippen molar-refractivity contribution in [2.45, 2.75) is 31.1 Å². The average Bonchev–Trinajstić information content (AvgIpc) is 3.48. The van der Waals surface area contributed by atoms with Gasteiger partial charge in [0.25, 0.3) is 5.91 Å². The Labute approximate surface area is 206 Å². The van der Waals surface area contributed by atoms with Crippen molar-refractivity contribution < 1.29 is 24.5 Å². The minimum atomic E-state index is -1.42. The van der Waals surface area contributed by atoms with Crippen LogP contribution in [0.15, 0.2) is 55.1 Å². The molecule has 0 aliphatic carbocycles. The number of methoxy groups -OCH3 is 1. The van der Waals surface area contributed by atoms with Gasteiger partial charge in [-0.25, -0.2) is 15.0 Å². The smallest absolute Gasteiger partial charge is 0.251 e. The summed E-state index contributed by atoms with van der Waals surface area (Å²) in [7, 11) is 3.04. The number of rotatable bonds is 7. The van der Waals surface area contributed by atoms with Gasteiger partial charge < -0.3 is 30.3 Å². The first-order valence-corrected chi connectivity index (χ1v) is 11.2. The van der Waals surface area contributed by atoms with Gasteiger partial charge in [0.05, 0.1) is 13.4 Å². The number of aromatic nitrogens is 5. The zero-order chi connectivity index (χ0) is 25.2. The van der Waals surface area contributed by atoms with Gasteiger partial charge in [-0.2, -0.15) is 0 Å². The van der Waals surface area contributed by atoms with Gasteiger partial charge in [0.1, 0.15) is 18.0 Å². The van der Waals surface area contributed by atoms with Crippen molar-refractivity contribution in [2.24, 2.45) is 0 Å². The van der Waals surface area contributed by atoms with Gasteiger partial charge in [-0.3, -0.25) is 14.3 Å². The third-order valence-corrected chi connectivity index (χ3v) is 5.95. The van der Waals surface area contributed by atoms with E-state index in [1.807, 2.05) is 30.3 Å². The van der Waals surface area contributed by atoms with E-state index in [9.17, 15) is 15.0 Å². The zero-order valence-corrected chi connectivity index (χ0v) is 19.6. The SMILES string of the molecule is CNC(=O)[C@H]1O[C@@H](n2cnc3c(NCc4cccc(OC)c4)nc(-c4cccnc4)nc32)[C@H](O)[C@@H]1O. The van der Waals surface area contributed by atoms with E-state index >= 15 is 0 Å². The van der Waals surface area contributed by atoms with Crippen molar-refractivity contribution >= 4 is 22.9 Å². The standard InChI is InChI=1S/C24H25N7O5/c1-25-23(34)19-17(32)18(33)24(36-19)31-12-28-16-21(27-10-13-5-3-7-15(9-13)35-2)29-20(30-22(16)31)14-6-4-8-26-11-14/h3-9,11-12,17-19,24,32-33H,10H2,1-2H3,(H,25,34)(H,27,29,30)/t17-,18+,19-,24+/m0/s1. The van der Waals surface area contributed by atoms with E-state index in [-0.39, 0.29) is 0 Å². The molecule has 4 N–H and O–H groups in total. The fraction of sp³-hybridized carbons (Fsp3) is 0.292. The summed E-state index contributed by atoms with van der Waals surface area (Å²) in [6.45, 7) is 0.433. The van der Waals surface area contributed by atoms with Gasteiger partial charge in [0.15, 0.2) is 35.1 Å². The van der Waals surface area contributed by atoms with Crippen LogP contribution in [0.25, 0.3) is 22.6 Å². The lowest BCUT2D eigenvalue weighted by molar-refractivity contribution is -0.137. The highest BCUT2D eigenvalue weighted by molar-refractivity contribution is 5.85. The Kier molecular flexibility index (Phi) is 6.46. The second-order valence-electron chi connectivity index (χ2n) is 8.21. The molecule has 3 aromatic heterocycles. The summed E-state index contributed by atoms with van der Waals surface area (Å²) in [4.78, 5) is 30.1. The van der Waals surface area contributed by atoms with Crippen molar-refractivity contribution in [3.05, 3.63) is 60.7 Å². The third-order valence-electron chi connectivity index (χ3n) is 5.95. The molecule has 0 unspecified atom stereocenters. The highest BCUT2D eigenvalue weighted by Gasteiger charge is 2.47. The fourth-order valence-corrected chi connectivity index (χ4v) is 4.07. The molecule has 5 rings (SSSR count). The molecular weight excluding hydrogens is 466 g/mol. The number of benzene rings is 1. The molecule has 1 aliphatic rings. The molecule has 12 heteroatoms. The lowest BCUT2D eigenvalue weighted by atomic mass is 10.1. The van der Waals surface area contributed by atoms with Crippen LogP contribution in [-0.2, 0) is 16.1 Å². The van der Waals surface area contributed by atoms with Gasteiger partial charge in [-0.05, 0) is 29.8 Å². The predicted molar refractivity (Wildman–Crippen MR) is 129 cm³/mol. The van der Waals surface area contributed by atoms with Crippen molar-refractivity contribution in [1.82, 2.24) is 29.8 Å². The Morgan fingerprint density at radius 3 is 2.81 bits per heavy atom. The maximum absolute atomic E-state index is 12.1. The maximum Gasteiger partial charge on any atom is 0.251 e. The summed E-state index contributed by atoms with van der Waals surface area (Å²) in [5, 5.41) is 26.8. The molecular formula is C24H25N7O5. The molecule has 186 valence electrons. The summed E-state index contributed by atoms with van der Waals surface area (Å²) >= 11 is 0. The number of aliphatic hydroxyl groups is 2. The molecule has 1 aliphatic heterocycles. The highest BCUT2D eigenvalue weighted by Crippen LogP contribution is 2.33. The van der Waals surface area contributed by atoms with Gasteiger partial charge >= 0.3 is 0 Å². The summed E-state index contributed by atoms with van der Waals surface area (Å²) in [6, 6.07) is 11.2. The number of amides is 1. The number of hydrogen-bond acceptors (Lipinski definition) is 10. The Bertz CT molecular complexity index is 1380. The Morgan fingerprint density at radius 1 is 1.19 bits per heavy atom. The number of aliphatic hydroxyl groups excluding tert-OH is 2. The molecule has 4 heterocycles. The lowest BCUT2D eigenvalue weighted by Gasteiger charge is -2.17. The second kappa shape index (κ2) is 9.85. The fourth-order valence-electron chi connectivity index (χ4n) is 4.07. The average molecular weight is 492 g/mol. The van der Waals surface area contributed by atoms with Crippen LogP contribution in [0.2, 0.25) is 0 Å². The highest BCUT2D eigenvalue weighted by atomic mass is 16.6. The largest absolute Gasteiger partial charge is 0.497 e. The maximum atomic E-state index is 12.1. The molecule has 12 nitrogen and oxygen atoms in total. The first-order valence-electron chi connectivity index (χ1n) is 11.2. The van der Waals surface area contributed by atoms with E-state index in [0.717, 1.165) is 11.3 Å². The summed E-state index contributed by atoms with van der Waals surface area (Å²) < 4.78 is 12.5. The van der Waals surface area contributed by atoms with E-state index in [2.05, 4.69) is 30.6 Å². The number of fused-ring (bicyclic) bond motifs is 1. The first-order chi connectivity index (χ1) is 17.5. The third kappa shape index (κ3) is 4.33. The van der Waals surface area contributed by atoms with Gasteiger partial charge in [-0.15, -0.1) is 0 Å². The number of anilines is 1. The van der Waals surface area contributed by atoms with E-state index in [4.69, 9.17) is 9.47 Å². The number of carbonyl (C=O) groups is 1. The molecule has 0 bridgehead atoms. The van der Waals surface area contributed by atoms with Crippen LogP contribution in [0.3, 0.4) is 0 Å². The molecule has 1 aromatic carbocycles. The number of hydrogen-bond donors (Lipinski definition) is 4. The topological polar surface area (TPSA) is 157 Å². The minimum Gasteiger partial charge on any atom is -0.497 e. The molecule has 0 saturated carbocycles. The van der Waals surface area contributed by atoms with Gasteiger partial charge in [0.2, 0.25) is 0 Å². The molecule has 4 aromatic rings. The molecule has 36 heavy (non-hydrogen) atoms. The van der Waals surface area contributed by atoms with Crippen molar-refractivity contribution in [3.8, 4) is 17.1 Å². The van der Waals surface area contributed by atoms with Crippen LogP contribution < -0.4 is 15.4 Å². The number of carbonyl (C=O) groups excluding carboxylic acids is 1. The Balaban J connectivity index is 1.55. The number of likely N-dealkylation sites (N-methyl/N-ethyl adjacent to an activating group) is 1. The van der Waals surface area contributed by atoms with Crippen LogP contribution in [-0.4, -0.2) is 73.1 Å². The normalized spacial score (nSPS) is 21.4. The van der Waals surface area contributed by atoms with Crippen molar-refractivity contribution in [2.75, 3.05) is 19.5 Å². The molecule has 4 atom stereocenters. The van der Waals surface area contributed by atoms with Crippen LogP contribution in [0.4, 0.5) is 5.82 Å². The molecule has 0 spiro atoms. The van der Waals surface area contributed by atoms with Crippen LogP contribution >= 0.6 is 0 Å². The van der Waals surface area contributed by atoms with E-state index in [0.29, 0.717) is 34.9 Å². The Morgan fingerprint density at radius 2 is 2.06 bits per heavy atom. The number of imidazole rings is 1. The summed E-state index contributed by atoms with van der Waals surface area (Å²) in [5.74, 6) is 1.02. The second-order valence-corrected chi connectivity index (χ2v) is 8.21. The van der Waals surface area contributed by atoms with Crippen LogP contribution in [0.5, 0.6) is 5.75 Å². The lowest BCUT2D eigenvalue weighted by Crippen LogP contribution is -2.41. The van der Waals surface area contributed by atoms with Crippen molar-refractivity contribution in [1.29, 1.82) is 0 Å². The molecule has 1 saturated heterocycles. The molecule has 1 fully saturated rings. The number of nitrogens with zero attached hydrogens (tertiary/aromatic N) is 5. The Hall–Kier alpha value is -4.13. The van der Waals surface area contributed by atoms with Gasteiger partial charge in [-0.1, -0.05) is 12.1 Å². The zero-order valence-electron chi connectivity index (χ0n) is 19.6. The van der Waals surface area contributed by atoms with E-state index in [1.54, 1.807) is 25.6 Å². The summed E-state index contributed by atoms with van der Waals surface area (Å²) in [5.41, 5.74) is 2.42. The van der Waals surface area contributed by atoms with Crippen LogP contribution in [0.1, 0.15) is 11.8 Å². The number of pyridine rings is 1. The number of ether oxygens (including phenoxy) is 2. The van der Waals surface area contributed by atoms with E-state index in [1.165, 1.54) is 17.9 Å². The van der Waals surface area contributed by atoms with Crippen LogP contribution in [0, 0.1) is 0 Å². The quantitative estimate of drug-likeness (QED) is 0.292. The minimum absolute atomic E-state index is 0.353. The van der Waals surface area contributed by atoms with Gasteiger partial charge in [0, 0.05) is 31.5 Å². The van der Waals surface area contributed by atoms with Crippen molar-refractivity contribution in [3.63, 3.8) is 0 Å². The molecule has 0 radical (unpaired) electrons. The molecule has 1 amide bonds. The monoisotopic (exact) mass is 491 g/mol.